The predicted octanol–water partition coefficient (Wildman–Crippen LogP) is 5.44. The second kappa shape index (κ2) is 14.0. The number of hydrogen-bond acceptors (Lipinski definition) is 4. The smallest absolute Gasteiger partial charge is 0.244 e. The van der Waals surface area contributed by atoms with Gasteiger partial charge in [-0.1, -0.05) is 82.3 Å². The lowest BCUT2D eigenvalue weighted by Crippen LogP contribution is -2.54. The number of benzene rings is 3. The molecule has 2 amide bonds. The van der Waals surface area contributed by atoms with Gasteiger partial charge in [0.1, 0.15) is 18.4 Å². The molecule has 3 aromatic carbocycles. The molecule has 9 heteroatoms. The maximum absolute atomic E-state index is 14.1. The number of anilines is 1. The Morgan fingerprint density at radius 1 is 0.905 bits per heavy atom. The minimum atomic E-state index is -3.87. The summed E-state index contributed by atoms with van der Waals surface area (Å²) in [5.74, 6) is -1.32. The van der Waals surface area contributed by atoms with Gasteiger partial charge in [-0.15, -0.1) is 0 Å². The van der Waals surface area contributed by atoms with E-state index in [0.717, 1.165) is 21.7 Å². The molecule has 3 rings (SSSR count). The molecule has 0 aliphatic rings. The summed E-state index contributed by atoms with van der Waals surface area (Å²) in [6.07, 6.45) is 1.97. The summed E-state index contributed by atoms with van der Waals surface area (Å²) in [5.41, 5.74) is 2.69. The van der Waals surface area contributed by atoms with Crippen LogP contribution in [0.3, 0.4) is 0 Å². The van der Waals surface area contributed by atoms with Gasteiger partial charge >= 0.3 is 0 Å². The van der Waals surface area contributed by atoms with Crippen molar-refractivity contribution in [2.24, 2.45) is 0 Å². The highest BCUT2D eigenvalue weighted by atomic mass is 32.2. The van der Waals surface area contributed by atoms with E-state index in [1.165, 1.54) is 17.0 Å². The minimum absolute atomic E-state index is 0.00883. The van der Waals surface area contributed by atoms with Crippen molar-refractivity contribution < 1.29 is 22.4 Å². The van der Waals surface area contributed by atoms with Crippen molar-refractivity contribution >= 4 is 27.5 Å². The Kier molecular flexibility index (Phi) is 10.9. The molecule has 2 atom stereocenters. The largest absolute Gasteiger partial charge is 0.352 e. The number of carbonyl (C=O) groups excluding carboxylic acids is 2. The zero-order valence-corrected chi connectivity index (χ0v) is 26.1. The number of amides is 2. The average molecular weight is 596 g/mol. The highest BCUT2D eigenvalue weighted by Crippen LogP contribution is 2.26. The summed E-state index contributed by atoms with van der Waals surface area (Å²) < 4.78 is 40.7. The molecule has 7 nitrogen and oxygen atoms in total. The van der Waals surface area contributed by atoms with Crippen LogP contribution in [0.25, 0.3) is 0 Å². The number of rotatable bonds is 12. The molecule has 3 aromatic rings. The second-order valence-electron chi connectivity index (χ2n) is 11.7. The van der Waals surface area contributed by atoms with Crippen LogP contribution in [-0.4, -0.2) is 50.0 Å². The standard InChI is InChI=1S/C33H42FN3O4S/c1-7-24(2)35-32(39)30(21-25-11-9-8-10-12-25)36(22-26-13-17-28(34)18-14-26)31(38)23-37(42(6,40)41)29-19-15-27(16-20-29)33(3,4)5/h8-20,24,30H,7,21-23H2,1-6H3,(H,35,39)/t24-,30+/m1/s1. The van der Waals surface area contributed by atoms with E-state index < -0.39 is 34.3 Å². The molecule has 0 aromatic heterocycles. The zero-order valence-electron chi connectivity index (χ0n) is 25.3. The zero-order chi connectivity index (χ0) is 31.1. The van der Waals surface area contributed by atoms with E-state index >= 15 is 0 Å². The van der Waals surface area contributed by atoms with Crippen LogP contribution in [0.5, 0.6) is 0 Å². The number of sulfonamides is 1. The average Bonchev–Trinajstić information content (AvgIpc) is 2.94. The lowest BCUT2D eigenvalue weighted by atomic mass is 9.87. The molecule has 42 heavy (non-hydrogen) atoms. The second-order valence-corrected chi connectivity index (χ2v) is 13.6. The molecule has 0 saturated heterocycles. The Labute approximate surface area is 249 Å². The Morgan fingerprint density at radius 3 is 2.02 bits per heavy atom. The summed E-state index contributed by atoms with van der Waals surface area (Å²) in [5, 5.41) is 2.99. The monoisotopic (exact) mass is 595 g/mol. The molecule has 0 unspecified atom stereocenters. The molecule has 0 spiro atoms. The van der Waals surface area contributed by atoms with Crippen molar-refractivity contribution in [1.82, 2.24) is 10.2 Å². The van der Waals surface area contributed by atoms with E-state index in [1.807, 2.05) is 56.3 Å². The van der Waals surface area contributed by atoms with Crippen LogP contribution < -0.4 is 9.62 Å². The van der Waals surface area contributed by atoms with Crippen LogP contribution in [0.2, 0.25) is 0 Å². The van der Waals surface area contributed by atoms with Crippen LogP contribution >= 0.6 is 0 Å². The Hall–Kier alpha value is -3.72. The van der Waals surface area contributed by atoms with Gasteiger partial charge in [0.15, 0.2) is 0 Å². The number of halogens is 1. The van der Waals surface area contributed by atoms with E-state index in [4.69, 9.17) is 0 Å². The van der Waals surface area contributed by atoms with Crippen molar-refractivity contribution in [3.63, 3.8) is 0 Å². The minimum Gasteiger partial charge on any atom is -0.352 e. The summed E-state index contributed by atoms with van der Waals surface area (Å²) in [6.45, 7) is 9.51. The van der Waals surface area contributed by atoms with Crippen LogP contribution in [0.1, 0.15) is 57.7 Å². The van der Waals surface area contributed by atoms with E-state index in [2.05, 4.69) is 26.1 Å². The molecule has 0 aliphatic carbocycles. The van der Waals surface area contributed by atoms with E-state index in [0.29, 0.717) is 17.7 Å². The molecular formula is C33H42FN3O4S. The number of nitrogens with one attached hydrogen (secondary N) is 1. The van der Waals surface area contributed by atoms with Gasteiger partial charge in [0.05, 0.1) is 11.9 Å². The number of hydrogen-bond donors (Lipinski definition) is 1. The van der Waals surface area contributed by atoms with Gasteiger partial charge in [-0.2, -0.15) is 0 Å². The first kappa shape index (κ1) is 32.8. The number of nitrogens with zero attached hydrogens (tertiary/aromatic N) is 2. The summed E-state index contributed by atoms with van der Waals surface area (Å²) >= 11 is 0. The molecule has 0 bridgehead atoms. The molecule has 0 saturated carbocycles. The molecule has 1 N–H and O–H groups in total. The molecule has 226 valence electrons. The fraction of sp³-hybridized carbons (Fsp3) is 0.394. The molecule has 0 fully saturated rings. The Balaban J connectivity index is 2.05. The van der Waals surface area contributed by atoms with Crippen LogP contribution in [0.4, 0.5) is 10.1 Å². The topological polar surface area (TPSA) is 86.8 Å². The van der Waals surface area contributed by atoms with Crippen LogP contribution in [-0.2, 0) is 38.0 Å². The summed E-state index contributed by atoms with van der Waals surface area (Å²) in [7, 11) is -3.87. The molecule has 0 radical (unpaired) electrons. The fourth-order valence-corrected chi connectivity index (χ4v) is 5.37. The third-order valence-corrected chi connectivity index (χ3v) is 8.38. The molecular weight excluding hydrogens is 553 g/mol. The number of carbonyl (C=O) groups is 2. The third-order valence-electron chi connectivity index (χ3n) is 7.24. The normalized spacial score (nSPS) is 13.2. The lowest BCUT2D eigenvalue weighted by Gasteiger charge is -2.34. The van der Waals surface area contributed by atoms with E-state index in [1.54, 1.807) is 24.3 Å². The van der Waals surface area contributed by atoms with E-state index in [9.17, 15) is 22.4 Å². The van der Waals surface area contributed by atoms with Crippen LogP contribution in [0, 0.1) is 5.82 Å². The maximum atomic E-state index is 14.1. The quantitative estimate of drug-likeness (QED) is 0.302. The van der Waals surface area contributed by atoms with E-state index in [-0.39, 0.29) is 30.3 Å². The summed E-state index contributed by atoms with van der Waals surface area (Å²) in [6, 6.07) is 21.1. The first-order valence-electron chi connectivity index (χ1n) is 14.2. The third kappa shape index (κ3) is 9.14. The van der Waals surface area contributed by atoms with Gasteiger partial charge in [0.25, 0.3) is 0 Å². The molecule has 0 heterocycles. The van der Waals surface area contributed by atoms with Gasteiger partial charge in [-0.3, -0.25) is 13.9 Å². The van der Waals surface area contributed by atoms with Gasteiger partial charge < -0.3 is 10.2 Å². The van der Waals surface area contributed by atoms with Crippen molar-refractivity contribution in [3.05, 3.63) is 101 Å². The SMILES string of the molecule is CC[C@@H](C)NC(=O)[C@H](Cc1ccccc1)N(Cc1ccc(F)cc1)C(=O)CN(c1ccc(C(C)(C)C)cc1)S(C)(=O)=O. The fourth-order valence-electron chi connectivity index (χ4n) is 4.52. The first-order chi connectivity index (χ1) is 19.7. The maximum Gasteiger partial charge on any atom is 0.244 e. The van der Waals surface area contributed by atoms with Crippen molar-refractivity contribution in [1.29, 1.82) is 0 Å². The van der Waals surface area contributed by atoms with Crippen molar-refractivity contribution in [2.45, 2.75) is 71.5 Å². The Morgan fingerprint density at radius 2 is 1.50 bits per heavy atom. The van der Waals surface area contributed by atoms with Crippen molar-refractivity contribution in [3.8, 4) is 0 Å². The lowest BCUT2D eigenvalue weighted by molar-refractivity contribution is -0.140. The van der Waals surface area contributed by atoms with Gasteiger partial charge in [-0.05, 0) is 59.7 Å². The predicted molar refractivity (Wildman–Crippen MR) is 166 cm³/mol. The summed E-state index contributed by atoms with van der Waals surface area (Å²) in [4.78, 5) is 29.2. The van der Waals surface area contributed by atoms with Gasteiger partial charge in [-0.25, -0.2) is 12.8 Å². The molecule has 0 aliphatic heterocycles. The van der Waals surface area contributed by atoms with Gasteiger partial charge in [0, 0.05) is 19.0 Å². The highest BCUT2D eigenvalue weighted by molar-refractivity contribution is 7.92. The first-order valence-corrected chi connectivity index (χ1v) is 16.0. The Bertz CT molecular complexity index is 1440. The highest BCUT2D eigenvalue weighted by Gasteiger charge is 2.33. The van der Waals surface area contributed by atoms with Gasteiger partial charge in [0.2, 0.25) is 21.8 Å². The van der Waals surface area contributed by atoms with Crippen molar-refractivity contribution in [2.75, 3.05) is 17.1 Å². The van der Waals surface area contributed by atoms with Crippen LogP contribution in [0.15, 0.2) is 78.9 Å².